The monoisotopic (exact) mass is 417 g/mol. The van der Waals surface area contributed by atoms with Crippen LogP contribution in [0.4, 0.5) is 4.79 Å². The van der Waals surface area contributed by atoms with E-state index in [9.17, 15) is 13.2 Å². The van der Waals surface area contributed by atoms with Gasteiger partial charge in [-0.2, -0.15) is 4.31 Å². The molecule has 0 unspecified atom stereocenters. The Bertz CT molecular complexity index is 935. The van der Waals surface area contributed by atoms with Crippen molar-refractivity contribution in [3.05, 3.63) is 77.9 Å². The van der Waals surface area contributed by atoms with Gasteiger partial charge in [0.05, 0.1) is 30.8 Å². The average Bonchev–Trinajstić information content (AvgIpc) is 2.70. The first-order valence-corrected chi connectivity index (χ1v) is 10.6. The summed E-state index contributed by atoms with van der Waals surface area (Å²) in [4.78, 5) is 12.2. The molecule has 1 amide bonds. The molecule has 0 atom stereocenters. The lowest BCUT2D eigenvalue weighted by molar-refractivity contribution is 0.00691. The third kappa shape index (κ3) is 6.44. The summed E-state index contributed by atoms with van der Waals surface area (Å²) in [6, 6.07) is 16.0. The Morgan fingerprint density at radius 1 is 1.07 bits per heavy atom. The molecule has 6 nitrogen and oxygen atoms in total. The van der Waals surface area contributed by atoms with E-state index < -0.39 is 21.7 Å². The Balaban J connectivity index is 2.11. The fraction of sp³-hybridized carbons (Fsp3) is 0.318. The Morgan fingerprint density at radius 2 is 1.69 bits per heavy atom. The van der Waals surface area contributed by atoms with Crippen molar-refractivity contribution in [2.45, 2.75) is 37.9 Å². The first-order valence-electron chi connectivity index (χ1n) is 9.19. The Morgan fingerprint density at radius 3 is 2.28 bits per heavy atom. The van der Waals surface area contributed by atoms with E-state index in [1.165, 1.54) is 12.1 Å². The number of sulfonamides is 1. The van der Waals surface area contributed by atoms with Crippen LogP contribution in [0.1, 0.15) is 25.0 Å². The van der Waals surface area contributed by atoms with Gasteiger partial charge in [-0.1, -0.05) is 60.2 Å². The molecule has 0 aliphatic rings. The summed E-state index contributed by atoms with van der Waals surface area (Å²) in [5.74, 6) is 0. The SMILES string of the molecule is COC(=O)N(C/C=C/C(C)(C)OCc1ccccc1)S(=O)(=O)c1ccc(C)cc1. The maximum absolute atomic E-state index is 12.9. The van der Waals surface area contributed by atoms with Crippen molar-refractivity contribution in [2.24, 2.45) is 0 Å². The van der Waals surface area contributed by atoms with Crippen LogP contribution < -0.4 is 0 Å². The molecular weight excluding hydrogens is 390 g/mol. The van der Waals surface area contributed by atoms with Crippen molar-refractivity contribution in [3.63, 3.8) is 0 Å². The molecule has 0 saturated heterocycles. The van der Waals surface area contributed by atoms with Crippen molar-refractivity contribution in [1.82, 2.24) is 4.31 Å². The summed E-state index contributed by atoms with van der Waals surface area (Å²) in [6.07, 6.45) is 2.38. The number of carbonyl (C=O) groups excluding carboxylic acids is 1. The largest absolute Gasteiger partial charge is 0.452 e. The fourth-order valence-corrected chi connectivity index (χ4v) is 3.82. The molecule has 0 aliphatic carbocycles. The second-order valence-electron chi connectivity index (χ2n) is 7.10. The Kier molecular flexibility index (Phi) is 7.59. The highest BCUT2D eigenvalue weighted by atomic mass is 32.2. The molecule has 0 spiro atoms. The lowest BCUT2D eigenvalue weighted by Gasteiger charge is -2.23. The maximum Gasteiger partial charge on any atom is 0.423 e. The highest BCUT2D eigenvalue weighted by molar-refractivity contribution is 7.89. The van der Waals surface area contributed by atoms with Crippen molar-refractivity contribution < 1.29 is 22.7 Å². The van der Waals surface area contributed by atoms with E-state index in [4.69, 9.17) is 4.74 Å². The van der Waals surface area contributed by atoms with Gasteiger partial charge in [0.15, 0.2) is 0 Å². The molecule has 0 aliphatic heterocycles. The first kappa shape index (κ1) is 22.6. The molecular formula is C22H27NO5S. The zero-order chi connectivity index (χ0) is 21.5. The van der Waals surface area contributed by atoms with Crippen LogP contribution in [0, 0.1) is 6.92 Å². The lowest BCUT2D eigenvalue weighted by atomic mass is 10.1. The number of amides is 1. The van der Waals surface area contributed by atoms with Crippen LogP contribution in [0.2, 0.25) is 0 Å². The number of rotatable bonds is 8. The molecule has 0 bridgehead atoms. The van der Waals surface area contributed by atoms with Crippen LogP contribution >= 0.6 is 0 Å². The van der Waals surface area contributed by atoms with Crippen LogP contribution in [0.25, 0.3) is 0 Å². The van der Waals surface area contributed by atoms with Gasteiger partial charge in [0, 0.05) is 0 Å². The molecule has 29 heavy (non-hydrogen) atoms. The smallest absolute Gasteiger partial charge is 0.423 e. The summed E-state index contributed by atoms with van der Waals surface area (Å²) in [7, 11) is -2.89. The van der Waals surface area contributed by atoms with Crippen LogP contribution in [0.3, 0.4) is 0 Å². The molecule has 2 aromatic rings. The van der Waals surface area contributed by atoms with Gasteiger partial charge in [0.25, 0.3) is 10.0 Å². The van der Waals surface area contributed by atoms with E-state index in [0.29, 0.717) is 10.9 Å². The zero-order valence-corrected chi connectivity index (χ0v) is 18.0. The third-order valence-electron chi connectivity index (χ3n) is 4.23. The topological polar surface area (TPSA) is 72.9 Å². The van der Waals surface area contributed by atoms with Gasteiger partial charge in [0.1, 0.15) is 0 Å². The second kappa shape index (κ2) is 9.71. The molecule has 7 heteroatoms. The van der Waals surface area contributed by atoms with E-state index in [-0.39, 0.29) is 11.4 Å². The van der Waals surface area contributed by atoms with Crippen molar-refractivity contribution in [3.8, 4) is 0 Å². The van der Waals surface area contributed by atoms with E-state index >= 15 is 0 Å². The average molecular weight is 418 g/mol. The number of hydrogen-bond donors (Lipinski definition) is 0. The molecule has 0 heterocycles. The number of methoxy groups -OCH3 is 1. The first-order chi connectivity index (χ1) is 13.7. The Hall–Kier alpha value is -2.64. The normalized spacial score (nSPS) is 12.1. The number of aryl methyl sites for hydroxylation is 1. The molecule has 2 aromatic carbocycles. The molecule has 0 fully saturated rings. The number of ether oxygens (including phenoxy) is 2. The minimum atomic E-state index is -4.04. The number of nitrogens with zero attached hydrogens (tertiary/aromatic N) is 1. The van der Waals surface area contributed by atoms with Gasteiger partial charge in [0.2, 0.25) is 0 Å². The number of hydrogen-bond acceptors (Lipinski definition) is 5. The summed E-state index contributed by atoms with van der Waals surface area (Å²) in [6.45, 7) is 5.84. The van der Waals surface area contributed by atoms with Crippen LogP contribution in [0.15, 0.2) is 71.6 Å². The van der Waals surface area contributed by atoms with Crippen molar-refractivity contribution in [2.75, 3.05) is 13.7 Å². The summed E-state index contributed by atoms with van der Waals surface area (Å²) >= 11 is 0. The highest BCUT2D eigenvalue weighted by Crippen LogP contribution is 2.19. The van der Waals surface area contributed by atoms with E-state index in [0.717, 1.165) is 18.2 Å². The van der Waals surface area contributed by atoms with E-state index in [1.807, 2.05) is 51.1 Å². The van der Waals surface area contributed by atoms with Gasteiger partial charge >= 0.3 is 6.09 Å². The van der Waals surface area contributed by atoms with Gasteiger partial charge in [-0.3, -0.25) is 0 Å². The van der Waals surface area contributed by atoms with Crippen molar-refractivity contribution >= 4 is 16.1 Å². The van der Waals surface area contributed by atoms with Gasteiger partial charge in [-0.25, -0.2) is 13.2 Å². The quantitative estimate of drug-likeness (QED) is 0.599. The fourth-order valence-electron chi connectivity index (χ4n) is 2.53. The predicted octanol–water partition coefficient (Wildman–Crippen LogP) is 4.30. The van der Waals surface area contributed by atoms with E-state index in [1.54, 1.807) is 24.3 Å². The van der Waals surface area contributed by atoms with Crippen LogP contribution in [-0.4, -0.2) is 38.1 Å². The minimum absolute atomic E-state index is 0.0292. The van der Waals surface area contributed by atoms with Crippen LogP contribution in [-0.2, 0) is 26.1 Å². The molecule has 0 radical (unpaired) electrons. The molecule has 0 N–H and O–H groups in total. The molecule has 156 valence electrons. The molecule has 2 rings (SSSR count). The number of benzene rings is 2. The highest BCUT2D eigenvalue weighted by Gasteiger charge is 2.29. The van der Waals surface area contributed by atoms with Gasteiger partial charge < -0.3 is 9.47 Å². The van der Waals surface area contributed by atoms with Crippen LogP contribution in [0.5, 0.6) is 0 Å². The lowest BCUT2D eigenvalue weighted by Crippen LogP contribution is -2.37. The number of carbonyl (C=O) groups is 1. The minimum Gasteiger partial charge on any atom is -0.452 e. The summed E-state index contributed by atoms with van der Waals surface area (Å²) in [5, 5.41) is 0. The maximum atomic E-state index is 12.9. The predicted molar refractivity (Wildman–Crippen MR) is 112 cm³/mol. The summed E-state index contributed by atoms with van der Waals surface area (Å²) in [5.41, 5.74) is 1.31. The van der Waals surface area contributed by atoms with Gasteiger partial charge in [-0.15, -0.1) is 0 Å². The zero-order valence-electron chi connectivity index (χ0n) is 17.2. The summed E-state index contributed by atoms with van der Waals surface area (Å²) < 4.78 is 37.0. The second-order valence-corrected chi connectivity index (χ2v) is 8.96. The standard InChI is InChI=1S/C22H27NO5S/c1-18-11-13-20(14-12-18)29(25,26)23(21(24)27-4)16-8-15-22(2,3)28-17-19-9-6-5-7-10-19/h5-15H,16-17H2,1-4H3/b15-8+. The molecule has 0 aromatic heterocycles. The Labute approximate surface area is 172 Å². The van der Waals surface area contributed by atoms with Gasteiger partial charge in [-0.05, 0) is 38.5 Å². The van der Waals surface area contributed by atoms with Crippen molar-refractivity contribution in [1.29, 1.82) is 0 Å². The van der Waals surface area contributed by atoms with E-state index in [2.05, 4.69) is 4.74 Å². The third-order valence-corrected chi connectivity index (χ3v) is 5.98. The molecule has 0 saturated carbocycles.